The van der Waals surface area contributed by atoms with E-state index in [1.807, 2.05) is 0 Å². The number of rotatable bonds is 2. The van der Waals surface area contributed by atoms with Crippen molar-refractivity contribution in [3.63, 3.8) is 0 Å². The molecule has 1 heterocycles. The van der Waals surface area contributed by atoms with E-state index in [0.717, 1.165) is 0 Å². The number of hydrogen-bond donors (Lipinski definition) is 2. The molecule has 0 radical (unpaired) electrons. The maximum atomic E-state index is 10.7. The number of phenols is 1. The van der Waals surface area contributed by atoms with Gasteiger partial charge < -0.3 is 5.11 Å². The van der Waals surface area contributed by atoms with Crippen LogP contribution in [0.4, 0.5) is 0 Å². The number of aldehydes is 1. The van der Waals surface area contributed by atoms with Gasteiger partial charge in [-0.15, -0.1) is 0 Å². The first kappa shape index (κ1) is 8.43. The molecule has 5 heteroatoms. The molecule has 0 fully saturated rings. The quantitative estimate of drug-likeness (QED) is 0.690. The molecule has 2 aromatic rings. The molecule has 0 aliphatic heterocycles. The number of nitrogens with one attached hydrogen (secondary N) is 1. The summed E-state index contributed by atoms with van der Waals surface area (Å²) in [5.41, 5.74) is 1.32. The second-order valence-corrected chi connectivity index (χ2v) is 2.71. The van der Waals surface area contributed by atoms with Gasteiger partial charge in [0, 0.05) is 5.56 Å². The summed E-state index contributed by atoms with van der Waals surface area (Å²) in [6.07, 6.45) is 2.08. The minimum Gasteiger partial charge on any atom is -0.507 e. The Morgan fingerprint density at radius 3 is 2.93 bits per heavy atom. The van der Waals surface area contributed by atoms with Crippen LogP contribution in [0, 0.1) is 0 Å². The highest BCUT2D eigenvalue weighted by atomic mass is 16.3. The number of aromatic nitrogens is 3. The highest BCUT2D eigenvalue weighted by molar-refractivity contribution is 5.89. The van der Waals surface area contributed by atoms with Gasteiger partial charge in [-0.3, -0.25) is 4.79 Å². The summed E-state index contributed by atoms with van der Waals surface area (Å²) in [5, 5.41) is 19.3. The molecule has 0 bridgehead atoms. The van der Waals surface area contributed by atoms with E-state index in [2.05, 4.69) is 15.4 Å². The van der Waals surface area contributed by atoms with Gasteiger partial charge in [-0.05, 0) is 6.07 Å². The first-order valence-electron chi connectivity index (χ1n) is 3.96. The summed E-state index contributed by atoms with van der Waals surface area (Å²) >= 11 is 0. The van der Waals surface area contributed by atoms with Gasteiger partial charge in [-0.25, -0.2) is 0 Å². The van der Waals surface area contributed by atoms with Crippen molar-refractivity contribution < 1.29 is 9.90 Å². The molecule has 14 heavy (non-hydrogen) atoms. The molecule has 2 rings (SSSR count). The number of carbonyl (C=O) groups excluding carboxylic acids is 1. The van der Waals surface area contributed by atoms with Crippen molar-refractivity contribution in [2.45, 2.75) is 0 Å². The maximum Gasteiger partial charge on any atom is 0.154 e. The predicted molar refractivity (Wildman–Crippen MR) is 48.9 cm³/mol. The van der Waals surface area contributed by atoms with E-state index < -0.39 is 0 Å². The molecule has 0 aliphatic carbocycles. The monoisotopic (exact) mass is 189 g/mol. The van der Waals surface area contributed by atoms with Crippen molar-refractivity contribution in [1.29, 1.82) is 0 Å². The van der Waals surface area contributed by atoms with E-state index in [1.165, 1.54) is 12.3 Å². The summed E-state index contributed by atoms with van der Waals surface area (Å²) in [6.45, 7) is 0. The number of hydrogen-bond acceptors (Lipinski definition) is 4. The van der Waals surface area contributed by atoms with Crippen molar-refractivity contribution in [3.05, 3.63) is 30.0 Å². The van der Waals surface area contributed by atoms with E-state index in [4.69, 9.17) is 0 Å². The van der Waals surface area contributed by atoms with Crippen LogP contribution in [0.5, 0.6) is 5.75 Å². The van der Waals surface area contributed by atoms with Gasteiger partial charge in [-0.1, -0.05) is 12.1 Å². The van der Waals surface area contributed by atoms with Crippen LogP contribution in [-0.2, 0) is 0 Å². The van der Waals surface area contributed by atoms with Crippen molar-refractivity contribution in [2.75, 3.05) is 0 Å². The van der Waals surface area contributed by atoms with Gasteiger partial charge in [0.2, 0.25) is 0 Å². The number of phenolic OH excluding ortho intramolecular Hbond substituents is 1. The van der Waals surface area contributed by atoms with Crippen molar-refractivity contribution in [2.24, 2.45) is 0 Å². The Hall–Kier alpha value is -2.17. The Labute approximate surface area is 79.4 Å². The Morgan fingerprint density at radius 2 is 2.29 bits per heavy atom. The fraction of sp³-hybridized carbons (Fsp3) is 0. The molecule has 1 aromatic carbocycles. The molecule has 5 nitrogen and oxygen atoms in total. The van der Waals surface area contributed by atoms with Gasteiger partial charge in [-0.2, -0.15) is 15.4 Å². The minimum absolute atomic E-state index is 0.0551. The number of aromatic hydroxyl groups is 1. The molecule has 0 unspecified atom stereocenters. The lowest BCUT2D eigenvalue weighted by Gasteiger charge is -2.01. The number of carbonyl (C=O) groups is 1. The van der Waals surface area contributed by atoms with Crippen molar-refractivity contribution >= 4 is 6.29 Å². The lowest BCUT2D eigenvalue weighted by Crippen LogP contribution is -1.88. The Bertz CT molecular complexity index is 451. The summed E-state index contributed by atoms with van der Waals surface area (Å²) in [5.74, 6) is -0.0551. The molecule has 0 saturated heterocycles. The molecule has 0 amide bonds. The highest BCUT2D eigenvalue weighted by Gasteiger charge is 2.10. The lowest BCUT2D eigenvalue weighted by atomic mass is 10.1. The Morgan fingerprint density at radius 1 is 1.43 bits per heavy atom. The van der Waals surface area contributed by atoms with Crippen LogP contribution < -0.4 is 0 Å². The smallest absolute Gasteiger partial charge is 0.154 e. The van der Waals surface area contributed by atoms with E-state index in [9.17, 15) is 9.90 Å². The minimum atomic E-state index is -0.0551. The third-order valence-electron chi connectivity index (χ3n) is 1.89. The van der Waals surface area contributed by atoms with Crippen LogP contribution in [-0.4, -0.2) is 26.8 Å². The largest absolute Gasteiger partial charge is 0.507 e. The van der Waals surface area contributed by atoms with Crippen LogP contribution in [0.3, 0.4) is 0 Å². The Balaban J connectivity index is 2.64. The van der Waals surface area contributed by atoms with Gasteiger partial charge in [0.25, 0.3) is 0 Å². The average Bonchev–Trinajstić information content (AvgIpc) is 2.70. The number of aromatic amines is 1. The van der Waals surface area contributed by atoms with E-state index in [1.54, 1.807) is 12.1 Å². The molecule has 2 N–H and O–H groups in total. The summed E-state index contributed by atoms with van der Waals surface area (Å²) < 4.78 is 0. The topological polar surface area (TPSA) is 78.9 Å². The first-order valence-corrected chi connectivity index (χ1v) is 3.96. The van der Waals surface area contributed by atoms with Crippen molar-refractivity contribution in [1.82, 2.24) is 15.4 Å². The predicted octanol–water partition coefficient (Wildman–Crippen LogP) is 0.990. The molecule has 70 valence electrons. The highest BCUT2D eigenvalue weighted by Crippen LogP contribution is 2.26. The molecular weight excluding hydrogens is 182 g/mol. The van der Waals surface area contributed by atoms with Gasteiger partial charge in [0.05, 0.1) is 11.8 Å². The third kappa shape index (κ3) is 1.24. The second kappa shape index (κ2) is 3.29. The summed E-state index contributed by atoms with van der Waals surface area (Å²) in [4.78, 5) is 10.7. The molecular formula is C9H7N3O2. The fourth-order valence-corrected chi connectivity index (χ4v) is 1.23. The SMILES string of the molecule is O=Cc1c(O)cccc1-c1cn[nH]n1. The number of nitrogens with zero attached hydrogens (tertiary/aromatic N) is 2. The van der Waals surface area contributed by atoms with Crippen molar-refractivity contribution in [3.8, 4) is 17.0 Å². The zero-order valence-electron chi connectivity index (χ0n) is 7.14. The standard InChI is InChI=1S/C9H7N3O2/c13-5-7-6(2-1-3-9(7)14)8-4-10-12-11-8/h1-5,14H,(H,10,11,12). The maximum absolute atomic E-state index is 10.7. The van der Waals surface area contributed by atoms with Gasteiger partial charge >= 0.3 is 0 Å². The molecule has 0 saturated carbocycles. The summed E-state index contributed by atoms with van der Waals surface area (Å²) in [7, 11) is 0. The lowest BCUT2D eigenvalue weighted by molar-refractivity contribution is 0.112. The Kier molecular flexibility index (Phi) is 1.98. The molecule has 0 spiro atoms. The zero-order valence-corrected chi connectivity index (χ0v) is 7.14. The van der Waals surface area contributed by atoms with Gasteiger partial charge in [0.1, 0.15) is 11.4 Å². The normalized spacial score (nSPS) is 10.0. The van der Waals surface area contributed by atoms with Crippen LogP contribution in [0.15, 0.2) is 24.4 Å². The van der Waals surface area contributed by atoms with Crippen LogP contribution >= 0.6 is 0 Å². The molecule has 1 aromatic heterocycles. The zero-order chi connectivity index (χ0) is 9.97. The van der Waals surface area contributed by atoms with Crippen LogP contribution in [0.2, 0.25) is 0 Å². The van der Waals surface area contributed by atoms with Crippen LogP contribution in [0.25, 0.3) is 11.3 Å². The average molecular weight is 189 g/mol. The fourth-order valence-electron chi connectivity index (χ4n) is 1.23. The van der Waals surface area contributed by atoms with E-state index in [-0.39, 0.29) is 11.3 Å². The first-order chi connectivity index (χ1) is 6.83. The van der Waals surface area contributed by atoms with E-state index >= 15 is 0 Å². The second-order valence-electron chi connectivity index (χ2n) is 2.71. The summed E-state index contributed by atoms with van der Waals surface area (Å²) in [6, 6.07) is 4.79. The molecule has 0 aliphatic rings. The number of benzene rings is 1. The third-order valence-corrected chi connectivity index (χ3v) is 1.89. The van der Waals surface area contributed by atoms with Crippen LogP contribution in [0.1, 0.15) is 10.4 Å². The number of H-pyrrole nitrogens is 1. The van der Waals surface area contributed by atoms with Gasteiger partial charge in [0.15, 0.2) is 6.29 Å². The van der Waals surface area contributed by atoms with E-state index in [0.29, 0.717) is 17.5 Å². The molecule has 0 atom stereocenters.